The summed E-state index contributed by atoms with van der Waals surface area (Å²) in [7, 11) is 0. The second-order valence-electron chi connectivity index (χ2n) is 4.68. The van der Waals surface area contributed by atoms with E-state index in [4.69, 9.17) is 4.74 Å². The molecular formula is C10H19NO2. The van der Waals surface area contributed by atoms with Crippen molar-refractivity contribution in [2.24, 2.45) is 0 Å². The van der Waals surface area contributed by atoms with E-state index in [0.717, 1.165) is 25.7 Å². The molecule has 0 aliphatic carbocycles. The van der Waals surface area contributed by atoms with Crippen molar-refractivity contribution in [3.05, 3.63) is 0 Å². The molecule has 0 aromatic carbocycles. The van der Waals surface area contributed by atoms with Crippen LogP contribution in [0.15, 0.2) is 0 Å². The molecule has 1 saturated heterocycles. The van der Waals surface area contributed by atoms with Gasteiger partial charge >= 0.3 is 0 Å². The Morgan fingerprint density at radius 1 is 1.46 bits per heavy atom. The Labute approximate surface area is 79.8 Å². The molecule has 13 heavy (non-hydrogen) atoms. The molecule has 1 heterocycles. The first-order valence-electron chi connectivity index (χ1n) is 4.85. The van der Waals surface area contributed by atoms with Crippen molar-refractivity contribution >= 4 is 6.29 Å². The molecule has 0 saturated carbocycles. The Morgan fingerprint density at radius 3 is 2.54 bits per heavy atom. The zero-order valence-corrected chi connectivity index (χ0v) is 8.72. The minimum atomic E-state index is -0.587. The molecule has 3 nitrogen and oxygen atoms in total. The summed E-state index contributed by atoms with van der Waals surface area (Å²) in [5.74, 6) is 0. The van der Waals surface area contributed by atoms with E-state index in [2.05, 4.69) is 5.32 Å². The van der Waals surface area contributed by atoms with Gasteiger partial charge in [0.1, 0.15) is 5.60 Å². The van der Waals surface area contributed by atoms with Crippen molar-refractivity contribution in [1.29, 1.82) is 0 Å². The van der Waals surface area contributed by atoms with Crippen LogP contribution in [0.2, 0.25) is 0 Å². The Bertz CT molecular complexity index is 178. The van der Waals surface area contributed by atoms with Crippen molar-refractivity contribution in [2.75, 3.05) is 13.1 Å². The fourth-order valence-electron chi connectivity index (χ4n) is 1.72. The maximum Gasteiger partial charge on any atom is 0.153 e. The van der Waals surface area contributed by atoms with Gasteiger partial charge in [-0.3, -0.25) is 0 Å². The third-order valence-corrected chi connectivity index (χ3v) is 2.10. The minimum absolute atomic E-state index is 0.250. The fraction of sp³-hybridized carbons (Fsp3) is 0.900. The number of ether oxygens (including phenoxy) is 1. The maximum absolute atomic E-state index is 11.0. The average Bonchev–Trinajstić information content (AvgIpc) is 2.03. The van der Waals surface area contributed by atoms with Gasteiger partial charge in [-0.15, -0.1) is 0 Å². The normalized spacial score (nSPS) is 30.1. The summed E-state index contributed by atoms with van der Waals surface area (Å²) in [6.07, 6.45) is 2.79. The number of aldehydes is 1. The van der Waals surface area contributed by atoms with Crippen LogP contribution in [0.3, 0.4) is 0 Å². The summed E-state index contributed by atoms with van der Waals surface area (Å²) in [4.78, 5) is 11.0. The molecule has 0 aromatic rings. The first-order chi connectivity index (χ1) is 5.97. The number of hydrogen-bond donors (Lipinski definition) is 1. The number of carbonyl (C=O) groups is 1. The van der Waals surface area contributed by atoms with Crippen LogP contribution < -0.4 is 5.32 Å². The highest BCUT2D eigenvalue weighted by molar-refractivity contribution is 5.63. The number of piperidine rings is 1. The van der Waals surface area contributed by atoms with Crippen molar-refractivity contribution in [1.82, 2.24) is 5.32 Å². The topological polar surface area (TPSA) is 38.3 Å². The molecule has 1 aliphatic heterocycles. The second kappa shape index (κ2) is 3.76. The molecule has 3 heteroatoms. The van der Waals surface area contributed by atoms with Crippen LogP contribution >= 0.6 is 0 Å². The fourth-order valence-corrected chi connectivity index (χ4v) is 1.72. The predicted octanol–water partition coefficient (Wildman–Crippen LogP) is 1.12. The van der Waals surface area contributed by atoms with Crippen LogP contribution in [0, 0.1) is 0 Å². The van der Waals surface area contributed by atoms with Crippen molar-refractivity contribution < 1.29 is 9.53 Å². The molecule has 1 atom stereocenters. The first-order valence-corrected chi connectivity index (χ1v) is 4.85. The quantitative estimate of drug-likeness (QED) is 0.655. The predicted molar refractivity (Wildman–Crippen MR) is 51.7 cm³/mol. The summed E-state index contributed by atoms with van der Waals surface area (Å²) in [5, 5.41) is 3.19. The Balaban J connectivity index is 2.63. The van der Waals surface area contributed by atoms with Gasteiger partial charge in [-0.1, -0.05) is 0 Å². The minimum Gasteiger partial charge on any atom is -0.361 e. The van der Waals surface area contributed by atoms with Crippen molar-refractivity contribution in [2.45, 2.75) is 44.8 Å². The number of nitrogens with one attached hydrogen (secondary N) is 1. The largest absolute Gasteiger partial charge is 0.361 e. The van der Waals surface area contributed by atoms with E-state index in [0.29, 0.717) is 6.54 Å². The van der Waals surface area contributed by atoms with E-state index >= 15 is 0 Å². The standard InChI is InChI=1S/C10H19NO2/c1-9(2,3)13-10(8-12)5-4-6-11-7-10/h8,11H,4-7H2,1-3H3. The number of hydrogen-bond acceptors (Lipinski definition) is 3. The van der Waals surface area contributed by atoms with Crippen LogP contribution in [0.4, 0.5) is 0 Å². The summed E-state index contributed by atoms with van der Waals surface area (Å²) >= 11 is 0. The van der Waals surface area contributed by atoms with Crippen molar-refractivity contribution in [3.63, 3.8) is 0 Å². The van der Waals surface area contributed by atoms with E-state index in [1.165, 1.54) is 0 Å². The lowest BCUT2D eigenvalue weighted by atomic mass is 9.94. The average molecular weight is 185 g/mol. The Kier molecular flexibility index (Phi) is 3.09. The lowest BCUT2D eigenvalue weighted by molar-refractivity contribution is -0.157. The van der Waals surface area contributed by atoms with Crippen molar-refractivity contribution in [3.8, 4) is 0 Å². The molecule has 1 unspecified atom stereocenters. The zero-order valence-electron chi connectivity index (χ0n) is 8.72. The SMILES string of the molecule is CC(C)(C)OC1(C=O)CCCNC1. The van der Waals surface area contributed by atoms with Gasteiger partial charge in [0.15, 0.2) is 6.29 Å². The van der Waals surface area contributed by atoms with E-state index < -0.39 is 5.60 Å². The van der Waals surface area contributed by atoms with E-state index in [1.807, 2.05) is 20.8 Å². The first kappa shape index (κ1) is 10.7. The van der Waals surface area contributed by atoms with Crippen LogP contribution in [-0.4, -0.2) is 30.6 Å². The van der Waals surface area contributed by atoms with Gasteiger partial charge in [0.25, 0.3) is 0 Å². The van der Waals surface area contributed by atoms with E-state index in [-0.39, 0.29) is 5.60 Å². The maximum atomic E-state index is 11.0. The van der Waals surface area contributed by atoms with Gasteiger partial charge in [0, 0.05) is 6.54 Å². The van der Waals surface area contributed by atoms with Gasteiger partial charge in [-0.25, -0.2) is 0 Å². The molecule has 1 rings (SSSR count). The number of rotatable bonds is 2. The molecule has 0 amide bonds. The number of carbonyl (C=O) groups excluding carboxylic acids is 1. The summed E-state index contributed by atoms with van der Waals surface area (Å²) < 4.78 is 5.78. The molecule has 0 bridgehead atoms. The third kappa shape index (κ3) is 3.08. The molecule has 76 valence electrons. The zero-order chi connectivity index (χ0) is 9.95. The van der Waals surface area contributed by atoms with Gasteiger partial charge < -0.3 is 14.8 Å². The van der Waals surface area contributed by atoms with Crippen LogP contribution in [0.1, 0.15) is 33.6 Å². The Morgan fingerprint density at radius 2 is 2.15 bits per heavy atom. The highest BCUT2D eigenvalue weighted by Gasteiger charge is 2.36. The molecule has 0 spiro atoms. The highest BCUT2D eigenvalue weighted by atomic mass is 16.5. The molecule has 0 radical (unpaired) electrons. The molecule has 1 fully saturated rings. The second-order valence-corrected chi connectivity index (χ2v) is 4.68. The lowest BCUT2D eigenvalue weighted by Gasteiger charge is -2.38. The van der Waals surface area contributed by atoms with E-state index in [1.54, 1.807) is 0 Å². The third-order valence-electron chi connectivity index (χ3n) is 2.10. The molecule has 0 aromatic heterocycles. The lowest BCUT2D eigenvalue weighted by Crippen LogP contribution is -2.52. The van der Waals surface area contributed by atoms with Gasteiger partial charge in [-0.2, -0.15) is 0 Å². The van der Waals surface area contributed by atoms with Gasteiger partial charge in [-0.05, 0) is 40.2 Å². The summed E-state index contributed by atoms with van der Waals surface area (Å²) in [6.45, 7) is 7.57. The van der Waals surface area contributed by atoms with Crippen LogP contribution in [0.5, 0.6) is 0 Å². The van der Waals surface area contributed by atoms with Crippen LogP contribution in [0.25, 0.3) is 0 Å². The monoisotopic (exact) mass is 185 g/mol. The summed E-state index contributed by atoms with van der Waals surface area (Å²) in [5.41, 5.74) is -0.837. The molecule has 1 N–H and O–H groups in total. The van der Waals surface area contributed by atoms with E-state index in [9.17, 15) is 4.79 Å². The molecule has 1 aliphatic rings. The molecular weight excluding hydrogens is 166 g/mol. The van der Waals surface area contributed by atoms with Gasteiger partial charge in [0.05, 0.1) is 5.60 Å². The van der Waals surface area contributed by atoms with Gasteiger partial charge in [0.2, 0.25) is 0 Å². The smallest absolute Gasteiger partial charge is 0.153 e. The Hall–Kier alpha value is -0.410. The van der Waals surface area contributed by atoms with Crippen LogP contribution in [-0.2, 0) is 9.53 Å². The highest BCUT2D eigenvalue weighted by Crippen LogP contribution is 2.24. The summed E-state index contributed by atoms with van der Waals surface area (Å²) in [6, 6.07) is 0.